The highest BCUT2D eigenvalue weighted by Crippen LogP contribution is 2.23. The molecule has 1 unspecified atom stereocenters. The molecule has 0 aromatic carbocycles. The molecule has 1 aliphatic rings. The van der Waals surface area contributed by atoms with Gasteiger partial charge in [-0.2, -0.15) is 0 Å². The Labute approximate surface area is 80.5 Å². The molecule has 1 fully saturated rings. The first-order valence-corrected chi connectivity index (χ1v) is 4.99. The standard InChI is InChI=1S/C9H11BrN2/c10-8-4-7(5-11-6-8)9-2-1-3-12-9/h4-6,9,12H,1-3H2. The van der Waals surface area contributed by atoms with Gasteiger partial charge in [-0.3, -0.25) is 4.98 Å². The molecule has 1 atom stereocenters. The van der Waals surface area contributed by atoms with Gasteiger partial charge in [0.05, 0.1) is 0 Å². The Kier molecular flexibility index (Phi) is 2.42. The van der Waals surface area contributed by atoms with Crippen LogP contribution < -0.4 is 5.32 Å². The monoisotopic (exact) mass is 226 g/mol. The van der Waals surface area contributed by atoms with Crippen molar-refractivity contribution < 1.29 is 0 Å². The fourth-order valence-electron chi connectivity index (χ4n) is 1.59. The summed E-state index contributed by atoms with van der Waals surface area (Å²) in [5.74, 6) is 0. The van der Waals surface area contributed by atoms with Crippen LogP contribution in [0.4, 0.5) is 0 Å². The van der Waals surface area contributed by atoms with E-state index in [4.69, 9.17) is 0 Å². The first-order valence-electron chi connectivity index (χ1n) is 4.20. The highest BCUT2D eigenvalue weighted by Gasteiger charge is 2.15. The summed E-state index contributed by atoms with van der Waals surface area (Å²) >= 11 is 3.42. The number of nitrogens with one attached hydrogen (secondary N) is 1. The molecule has 2 nitrogen and oxygen atoms in total. The highest BCUT2D eigenvalue weighted by molar-refractivity contribution is 9.10. The van der Waals surface area contributed by atoms with Gasteiger partial charge in [0.15, 0.2) is 0 Å². The van der Waals surface area contributed by atoms with Gasteiger partial charge in [-0.05, 0) is 46.9 Å². The number of nitrogens with zero attached hydrogens (tertiary/aromatic N) is 1. The summed E-state index contributed by atoms with van der Waals surface area (Å²) in [6, 6.07) is 2.66. The van der Waals surface area contributed by atoms with Gasteiger partial charge in [-0.15, -0.1) is 0 Å². The predicted octanol–water partition coefficient (Wildman–Crippen LogP) is 2.27. The summed E-state index contributed by atoms with van der Waals surface area (Å²) < 4.78 is 1.06. The van der Waals surface area contributed by atoms with Crippen LogP contribution in [0.25, 0.3) is 0 Å². The quantitative estimate of drug-likeness (QED) is 0.795. The summed E-state index contributed by atoms with van der Waals surface area (Å²) in [5.41, 5.74) is 1.29. The minimum atomic E-state index is 0.523. The Morgan fingerprint density at radius 1 is 1.50 bits per heavy atom. The van der Waals surface area contributed by atoms with Crippen LogP contribution in [0.5, 0.6) is 0 Å². The van der Waals surface area contributed by atoms with Crippen LogP contribution in [-0.2, 0) is 0 Å². The van der Waals surface area contributed by atoms with Crippen molar-refractivity contribution in [2.75, 3.05) is 6.54 Å². The molecule has 3 heteroatoms. The van der Waals surface area contributed by atoms with Crippen LogP contribution in [0.3, 0.4) is 0 Å². The number of halogens is 1. The fourth-order valence-corrected chi connectivity index (χ4v) is 1.97. The lowest BCUT2D eigenvalue weighted by Gasteiger charge is -2.09. The Morgan fingerprint density at radius 3 is 3.08 bits per heavy atom. The molecule has 2 heterocycles. The van der Waals surface area contributed by atoms with Crippen molar-refractivity contribution in [2.45, 2.75) is 18.9 Å². The number of pyridine rings is 1. The lowest BCUT2D eigenvalue weighted by Crippen LogP contribution is -2.12. The van der Waals surface area contributed by atoms with Crippen molar-refractivity contribution in [3.8, 4) is 0 Å². The van der Waals surface area contributed by atoms with E-state index in [0.717, 1.165) is 11.0 Å². The SMILES string of the molecule is Brc1cncc(C2CCCN2)c1. The van der Waals surface area contributed by atoms with Gasteiger partial charge in [0.2, 0.25) is 0 Å². The molecular weight excluding hydrogens is 216 g/mol. The summed E-state index contributed by atoms with van der Waals surface area (Å²) in [5, 5.41) is 3.44. The largest absolute Gasteiger partial charge is 0.310 e. The molecule has 1 N–H and O–H groups in total. The molecule has 1 aromatic heterocycles. The van der Waals surface area contributed by atoms with Crippen LogP contribution in [0, 0.1) is 0 Å². The average Bonchev–Trinajstić information content (AvgIpc) is 2.56. The van der Waals surface area contributed by atoms with Gasteiger partial charge in [0.25, 0.3) is 0 Å². The molecule has 0 bridgehead atoms. The van der Waals surface area contributed by atoms with E-state index in [1.54, 1.807) is 0 Å². The second kappa shape index (κ2) is 3.54. The molecule has 0 radical (unpaired) electrons. The van der Waals surface area contributed by atoms with Crippen molar-refractivity contribution in [3.63, 3.8) is 0 Å². The summed E-state index contributed by atoms with van der Waals surface area (Å²) in [4.78, 5) is 4.14. The van der Waals surface area contributed by atoms with E-state index in [9.17, 15) is 0 Å². The fraction of sp³-hybridized carbons (Fsp3) is 0.444. The van der Waals surface area contributed by atoms with Crippen molar-refractivity contribution >= 4 is 15.9 Å². The molecule has 1 aliphatic heterocycles. The Bertz CT molecular complexity index is 269. The van der Waals surface area contributed by atoms with Crippen LogP contribution in [0.2, 0.25) is 0 Å². The average molecular weight is 227 g/mol. The zero-order chi connectivity index (χ0) is 8.39. The van der Waals surface area contributed by atoms with Gasteiger partial charge in [0.1, 0.15) is 0 Å². The minimum absolute atomic E-state index is 0.523. The summed E-state index contributed by atoms with van der Waals surface area (Å²) in [7, 11) is 0. The van der Waals surface area contributed by atoms with Crippen molar-refractivity contribution in [1.29, 1.82) is 0 Å². The molecule has 12 heavy (non-hydrogen) atoms. The molecular formula is C9H11BrN2. The Hall–Kier alpha value is -0.410. The lowest BCUT2D eigenvalue weighted by molar-refractivity contribution is 0.644. The van der Waals surface area contributed by atoms with Crippen molar-refractivity contribution in [3.05, 3.63) is 28.5 Å². The molecule has 0 saturated carbocycles. The third-order valence-electron chi connectivity index (χ3n) is 2.19. The number of rotatable bonds is 1. The number of hydrogen-bond donors (Lipinski definition) is 1. The van der Waals surface area contributed by atoms with E-state index in [2.05, 4.69) is 32.3 Å². The molecule has 1 aromatic rings. The van der Waals surface area contributed by atoms with Gasteiger partial charge in [-0.1, -0.05) is 0 Å². The second-order valence-electron chi connectivity index (χ2n) is 3.09. The lowest BCUT2D eigenvalue weighted by atomic mass is 10.1. The summed E-state index contributed by atoms with van der Waals surface area (Å²) in [6.45, 7) is 1.14. The van der Waals surface area contributed by atoms with E-state index in [1.807, 2.05) is 12.4 Å². The first kappa shape index (κ1) is 8.20. The normalized spacial score (nSPS) is 22.9. The maximum atomic E-state index is 4.14. The maximum Gasteiger partial charge on any atom is 0.0410 e. The van der Waals surface area contributed by atoms with Crippen LogP contribution >= 0.6 is 15.9 Å². The smallest absolute Gasteiger partial charge is 0.0410 e. The highest BCUT2D eigenvalue weighted by atomic mass is 79.9. The van der Waals surface area contributed by atoms with Gasteiger partial charge >= 0.3 is 0 Å². The topological polar surface area (TPSA) is 24.9 Å². The zero-order valence-corrected chi connectivity index (χ0v) is 8.34. The van der Waals surface area contributed by atoms with Gasteiger partial charge in [-0.25, -0.2) is 0 Å². The molecule has 64 valence electrons. The van der Waals surface area contributed by atoms with Gasteiger partial charge < -0.3 is 5.32 Å². The second-order valence-corrected chi connectivity index (χ2v) is 4.00. The van der Waals surface area contributed by atoms with E-state index >= 15 is 0 Å². The van der Waals surface area contributed by atoms with Crippen LogP contribution in [0.15, 0.2) is 22.9 Å². The molecule has 1 saturated heterocycles. The molecule has 2 rings (SSSR count). The van der Waals surface area contributed by atoms with E-state index < -0.39 is 0 Å². The Morgan fingerprint density at radius 2 is 2.42 bits per heavy atom. The van der Waals surface area contributed by atoms with Crippen LogP contribution in [0.1, 0.15) is 24.4 Å². The van der Waals surface area contributed by atoms with Crippen molar-refractivity contribution in [1.82, 2.24) is 10.3 Å². The summed E-state index contributed by atoms with van der Waals surface area (Å²) in [6.07, 6.45) is 6.27. The van der Waals surface area contributed by atoms with Gasteiger partial charge in [0, 0.05) is 22.9 Å². The van der Waals surface area contributed by atoms with Crippen molar-refractivity contribution in [2.24, 2.45) is 0 Å². The van der Waals surface area contributed by atoms with Crippen LogP contribution in [-0.4, -0.2) is 11.5 Å². The van der Waals surface area contributed by atoms with E-state index in [0.29, 0.717) is 6.04 Å². The van der Waals surface area contributed by atoms with E-state index in [1.165, 1.54) is 18.4 Å². The maximum absolute atomic E-state index is 4.14. The first-order chi connectivity index (χ1) is 5.86. The molecule has 0 spiro atoms. The Balaban J connectivity index is 2.21. The molecule has 0 amide bonds. The third kappa shape index (κ3) is 1.67. The zero-order valence-electron chi connectivity index (χ0n) is 6.76. The molecule has 0 aliphatic carbocycles. The minimum Gasteiger partial charge on any atom is -0.310 e. The number of hydrogen-bond acceptors (Lipinski definition) is 2. The number of aromatic nitrogens is 1. The predicted molar refractivity (Wildman–Crippen MR) is 51.9 cm³/mol. The third-order valence-corrected chi connectivity index (χ3v) is 2.62. The van der Waals surface area contributed by atoms with E-state index in [-0.39, 0.29) is 0 Å².